The normalized spacial score (nSPS) is 14.4. The fourth-order valence-corrected chi connectivity index (χ4v) is 4.16. The van der Waals surface area contributed by atoms with Crippen LogP contribution in [0.25, 0.3) is 10.9 Å². The predicted molar refractivity (Wildman–Crippen MR) is 116 cm³/mol. The van der Waals surface area contributed by atoms with Crippen LogP contribution >= 0.6 is 11.6 Å². The molecule has 1 aromatic heterocycles. The topological polar surface area (TPSA) is 71.3 Å². The van der Waals surface area contributed by atoms with Crippen LogP contribution in [0.4, 0.5) is 11.4 Å². The lowest BCUT2D eigenvalue weighted by Crippen LogP contribution is -2.18. The number of nitrogens with one attached hydrogen (secondary N) is 1. The molecule has 1 aliphatic heterocycles. The number of benzene rings is 2. The van der Waals surface area contributed by atoms with E-state index in [9.17, 15) is 10.1 Å². The van der Waals surface area contributed by atoms with Crippen LogP contribution in [0.2, 0.25) is 5.15 Å². The van der Waals surface area contributed by atoms with E-state index < -0.39 is 4.92 Å². The molecule has 2 heterocycles. The maximum Gasteiger partial charge on any atom is 0.329 e. The summed E-state index contributed by atoms with van der Waals surface area (Å²) in [5.41, 5.74) is 4.21. The Hall–Kier alpha value is -2.70. The zero-order valence-corrected chi connectivity index (χ0v) is 17.1. The SMILES string of the molecule is Cc1ccc2nc(Cl)c([N+](=O)[O-])c(NCc3cccc(CN4CCCC4)c3)c2c1. The molecule has 1 N–H and O–H groups in total. The predicted octanol–water partition coefficient (Wildman–Crippen LogP) is 5.31. The number of likely N-dealkylation sites (tertiary alicyclic amines) is 1. The summed E-state index contributed by atoms with van der Waals surface area (Å²) in [6, 6.07) is 14.0. The second-order valence-electron chi connectivity index (χ2n) is 7.56. The Balaban J connectivity index is 1.63. The molecule has 150 valence electrons. The van der Waals surface area contributed by atoms with E-state index in [0.29, 0.717) is 23.1 Å². The molecule has 1 fully saturated rings. The zero-order chi connectivity index (χ0) is 20.4. The van der Waals surface area contributed by atoms with Gasteiger partial charge in [0.05, 0.1) is 10.4 Å². The minimum Gasteiger partial charge on any atom is -0.375 e. The Labute approximate surface area is 174 Å². The van der Waals surface area contributed by atoms with E-state index in [4.69, 9.17) is 11.6 Å². The monoisotopic (exact) mass is 410 g/mol. The summed E-state index contributed by atoms with van der Waals surface area (Å²) in [7, 11) is 0. The highest BCUT2D eigenvalue weighted by molar-refractivity contribution is 6.33. The number of halogens is 1. The smallest absolute Gasteiger partial charge is 0.329 e. The zero-order valence-electron chi connectivity index (χ0n) is 16.3. The van der Waals surface area contributed by atoms with Gasteiger partial charge < -0.3 is 5.32 Å². The lowest BCUT2D eigenvalue weighted by atomic mass is 10.1. The Morgan fingerprint density at radius 3 is 2.69 bits per heavy atom. The Morgan fingerprint density at radius 1 is 1.17 bits per heavy atom. The van der Waals surface area contributed by atoms with E-state index in [2.05, 4.69) is 27.3 Å². The van der Waals surface area contributed by atoms with Gasteiger partial charge in [-0.3, -0.25) is 15.0 Å². The average molecular weight is 411 g/mol. The number of fused-ring (bicyclic) bond motifs is 1. The Kier molecular flexibility index (Phi) is 5.65. The van der Waals surface area contributed by atoms with Gasteiger partial charge in [0.25, 0.3) is 0 Å². The van der Waals surface area contributed by atoms with E-state index >= 15 is 0 Å². The van der Waals surface area contributed by atoms with E-state index in [1.54, 1.807) is 0 Å². The lowest BCUT2D eigenvalue weighted by molar-refractivity contribution is -0.384. The van der Waals surface area contributed by atoms with Crippen LogP contribution < -0.4 is 5.32 Å². The van der Waals surface area contributed by atoms with Gasteiger partial charge in [0.2, 0.25) is 5.15 Å². The number of aromatic nitrogens is 1. The third-order valence-electron chi connectivity index (χ3n) is 5.32. The molecule has 0 atom stereocenters. The summed E-state index contributed by atoms with van der Waals surface area (Å²) >= 11 is 6.15. The molecular weight excluding hydrogens is 388 g/mol. The first-order chi connectivity index (χ1) is 14.0. The van der Waals surface area contributed by atoms with E-state index in [-0.39, 0.29) is 10.8 Å². The largest absolute Gasteiger partial charge is 0.375 e. The molecule has 0 aliphatic carbocycles. The number of nitrogens with zero attached hydrogens (tertiary/aromatic N) is 3. The molecule has 2 aromatic carbocycles. The van der Waals surface area contributed by atoms with Crippen LogP contribution in [0, 0.1) is 17.0 Å². The molecule has 0 unspecified atom stereocenters. The molecule has 6 nitrogen and oxygen atoms in total. The molecule has 0 amide bonds. The number of anilines is 1. The Bertz CT molecular complexity index is 1060. The van der Waals surface area contributed by atoms with E-state index in [1.165, 1.54) is 18.4 Å². The van der Waals surface area contributed by atoms with Crippen LogP contribution in [-0.2, 0) is 13.1 Å². The molecule has 0 spiro atoms. The van der Waals surface area contributed by atoms with Crippen LogP contribution in [-0.4, -0.2) is 27.9 Å². The van der Waals surface area contributed by atoms with Crippen LogP contribution in [0.1, 0.15) is 29.5 Å². The van der Waals surface area contributed by atoms with Gasteiger partial charge in [-0.2, -0.15) is 0 Å². The highest BCUT2D eigenvalue weighted by Gasteiger charge is 2.24. The first-order valence-corrected chi connectivity index (χ1v) is 10.2. The maximum absolute atomic E-state index is 11.7. The fraction of sp³-hybridized carbons (Fsp3) is 0.318. The quantitative estimate of drug-likeness (QED) is 0.338. The number of aryl methyl sites for hydroxylation is 1. The Morgan fingerprint density at radius 2 is 1.93 bits per heavy atom. The molecule has 29 heavy (non-hydrogen) atoms. The van der Waals surface area contributed by atoms with E-state index in [1.807, 2.05) is 37.3 Å². The standard InChI is InChI=1S/C22H23ClN4O2/c1-15-7-8-19-18(11-15)20(21(27(28)29)22(23)25-19)24-13-16-5-4-6-17(12-16)14-26-9-2-3-10-26/h4-8,11-12H,2-3,9-10,13-14H2,1H3,(H,24,25). The molecular formula is C22H23ClN4O2. The van der Waals surface area contributed by atoms with Gasteiger partial charge in [0, 0.05) is 18.5 Å². The van der Waals surface area contributed by atoms with Crippen molar-refractivity contribution in [2.24, 2.45) is 0 Å². The second kappa shape index (κ2) is 8.35. The number of nitro groups is 1. The van der Waals surface area contributed by atoms with E-state index in [0.717, 1.165) is 30.8 Å². The summed E-state index contributed by atoms with van der Waals surface area (Å²) < 4.78 is 0. The summed E-state index contributed by atoms with van der Waals surface area (Å²) in [6.45, 7) is 5.66. The van der Waals surface area contributed by atoms with Crippen LogP contribution in [0.5, 0.6) is 0 Å². The number of pyridine rings is 1. The number of hydrogen-bond donors (Lipinski definition) is 1. The summed E-state index contributed by atoms with van der Waals surface area (Å²) in [5, 5.41) is 15.5. The van der Waals surface area contributed by atoms with Gasteiger partial charge in [-0.1, -0.05) is 47.5 Å². The molecule has 0 saturated carbocycles. The molecule has 1 aliphatic rings. The van der Waals surface area contributed by atoms with Gasteiger partial charge in [-0.05, 0) is 56.1 Å². The number of rotatable bonds is 6. The molecule has 1 saturated heterocycles. The fourth-order valence-electron chi connectivity index (χ4n) is 3.91. The van der Waals surface area contributed by atoms with Crippen molar-refractivity contribution >= 4 is 33.9 Å². The van der Waals surface area contributed by atoms with Gasteiger partial charge >= 0.3 is 5.69 Å². The van der Waals surface area contributed by atoms with Crippen molar-refractivity contribution in [3.63, 3.8) is 0 Å². The molecule has 7 heteroatoms. The van der Waals surface area contributed by atoms with Gasteiger partial charge in [0.15, 0.2) is 0 Å². The van der Waals surface area contributed by atoms with Crippen molar-refractivity contribution in [1.82, 2.24) is 9.88 Å². The highest BCUT2D eigenvalue weighted by atomic mass is 35.5. The summed E-state index contributed by atoms with van der Waals surface area (Å²) in [6.07, 6.45) is 2.53. The van der Waals surface area contributed by atoms with Gasteiger partial charge in [-0.25, -0.2) is 4.98 Å². The third kappa shape index (κ3) is 4.33. The molecule has 4 rings (SSSR count). The minimum absolute atomic E-state index is 0.100. The van der Waals surface area contributed by atoms with Gasteiger partial charge in [0.1, 0.15) is 5.69 Å². The maximum atomic E-state index is 11.7. The molecule has 3 aromatic rings. The first-order valence-electron chi connectivity index (χ1n) is 9.79. The van der Waals surface area contributed by atoms with Crippen molar-refractivity contribution in [2.75, 3.05) is 18.4 Å². The first kappa shape index (κ1) is 19.6. The molecule has 0 radical (unpaired) electrons. The van der Waals surface area contributed by atoms with Crippen molar-refractivity contribution in [3.05, 3.63) is 74.4 Å². The minimum atomic E-state index is -0.469. The average Bonchev–Trinajstić information content (AvgIpc) is 3.19. The van der Waals surface area contributed by atoms with Crippen molar-refractivity contribution < 1.29 is 4.92 Å². The van der Waals surface area contributed by atoms with Crippen molar-refractivity contribution in [3.8, 4) is 0 Å². The summed E-state index contributed by atoms with van der Waals surface area (Å²) in [4.78, 5) is 17.9. The van der Waals surface area contributed by atoms with Crippen molar-refractivity contribution in [2.45, 2.75) is 32.9 Å². The third-order valence-corrected chi connectivity index (χ3v) is 5.58. The summed E-state index contributed by atoms with van der Waals surface area (Å²) in [5.74, 6) is 0. The lowest BCUT2D eigenvalue weighted by Gasteiger charge is -2.16. The molecule has 0 bridgehead atoms. The van der Waals surface area contributed by atoms with Crippen LogP contribution in [0.3, 0.4) is 0 Å². The second-order valence-corrected chi connectivity index (χ2v) is 7.92. The van der Waals surface area contributed by atoms with Crippen molar-refractivity contribution in [1.29, 1.82) is 0 Å². The highest BCUT2D eigenvalue weighted by Crippen LogP contribution is 2.38. The van der Waals surface area contributed by atoms with Gasteiger partial charge in [-0.15, -0.1) is 0 Å². The number of hydrogen-bond acceptors (Lipinski definition) is 5. The van der Waals surface area contributed by atoms with Crippen LogP contribution in [0.15, 0.2) is 42.5 Å².